The van der Waals surface area contributed by atoms with Gasteiger partial charge in [-0.1, -0.05) is 25.6 Å². The van der Waals surface area contributed by atoms with Gasteiger partial charge in [0, 0.05) is 0 Å². The number of carbonyl (C=O) groups is 1. The molecule has 1 saturated heterocycles. The van der Waals surface area contributed by atoms with Crippen LogP contribution in [-0.4, -0.2) is 22.5 Å². The summed E-state index contributed by atoms with van der Waals surface area (Å²) >= 11 is 1.41. The number of nitrogens with zero attached hydrogens (tertiary/aromatic N) is 2. The smallest absolute Gasteiger partial charge is 0.239 e. The molecule has 0 unspecified atom stereocenters. The van der Waals surface area contributed by atoms with Crippen molar-refractivity contribution in [2.75, 3.05) is 0 Å². The molecule has 1 amide bonds. The Morgan fingerprint density at radius 1 is 1.59 bits per heavy atom. The highest BCUT2D eigenvalue weighted by atomic mass is 32.2. The van der Waals surface area contributed by atoms with E-state index in [1.807, 2.05) is 13.8 Å². The number of hydrogen-bond acceptors (Lipinski definition) is 5. The van der Waals surface area contributed by atoms with Crippen LogP contribution in [0.4, 0.5) is 0 Å². The molecule has 0 spiro atoms. The van der Waals surface area contributed by atoms with Gasteiger partial charge in [0.2, 0.25) is 5.91 Å². The molecule has 6 heteroatoms. The minimum absolute atomic E-state index is 0.00283. The summed E-state index contributed by atoms with van der Waals surface area (Å²) in [5.41, 5.74) is 0. The van der Waals surface area contributed by atoms with Gasteiger partial charge in [0.05, 0.1) is 17.7 Å². The Balaban J connectivity index is 1.98. The summed E-state index contributed by atoms with van der Waals surface area (Å²) in [6.45, 7) is 4.01. The van der Waals surface area contributed by atoms with Crippen LogP contribution in [0.25, 0.3) is 0 Å². The number of carbonyl (C=O) groups excluding carboxylic acids is 1. The van der Waals surface area contributed by atoms with E-state index in [9.17, 15) is 4.79 Å². The van der Waals surface area contributed by atoms with Gasteiger partial charge in [-0.25, -0.2) is 0 Å². The third-order valence-electron chi connectivity index (χ3n) is 2.21. The van der Waals surface area contributed by atoms with E-state index in [4.69, 9.17) is 4.42 Å². The Morgan fingerprint density at radius 3 is 3.00 bits per heavy atom. The molecular formula is C11H13N3O2S. The lowest BCUT2D eigenvalue weighted by atomic mass is 10.1. The van der Waals surface area contributed by atoms with Crippen molar-refractivity contribution in [2.45, 2.75) is 19.1 Å². The van der Waals surface area contributed by atoms with Crippen LogP contribution in [0.1, 0.15) is 19.6 Å². The molecule has 0 bridgehead atoms. The lowest BCUT2D eigenvalue weighted by molar-refractivity contribution is -0.119. The average Bonchev–Trinajstić information content (AvgIpc) is 2.88. The molecule has 0 saturated carbocycles. The number of nitrogens with one attached hydrogen (secondary N) is 1. The van der Waals surface area contributed by atoms with E-state index < -0.39 is 0 Å². The number of amidine groups is 1. The summed E-state index contributed by atoms with van der Waals surface area (Å²) in [6, 6.07) is 3.55. The zero-order valence-electron chi connectivity index (χ0n) is 9.58. The molecule has 2 heterocycles. The maximum Gasteiger partial charge on any atom is 0.239 e. The van der Waals surface area contributed by atoms with Gasteiger partial charge in [-0.3, -0.25) is 4.79 Å². The van der Waals surface area contributed by atoms with Gasteiger partial charge >= 0.3 is 0 Å². The molecule has 0 aliphatic carbocycles. The Bertz CT molecular complexity index is 451. The molecule has 1 atom stereocenters. The maximum atomic E-state index is 11.5. The molecular weight excluding hydrogens is 238 g/mol. The maximum absolute atomic E-state index is 11.5. The van der Waals surface area contributed by atoms with Crippen LogP contribution in [-0.2, 0) is 4.79 Å². The quantitative estimate of drug-likeness (QED) is 0.658. The first kappa shape index (κ1) is 11.9. The van der Waals surface area contributed by atoms with Crippen LogP contribution in [0.3, 0.4) is 0 Å². The highest BCUT2D eigenvalue weighted by molar-refractivity contribution is 8.15. The Labute approximate surface area is 103 Å². The molecule has 1 fully saturated rings. The van der Waals surface area contributed by atoms with Gasteiger partial charge in [0.15, 0.2) is 5.17 Å². The third-order valence-corrected chi connectivity index (χ3v) is 3.63. The molecule has 1 aromatic heterocycles. The summed E-state index contributed by atoms with van der Waals surface area (Å²) in [4.78, 5) is 11.5. The minimum atomic E-state index is -0.0763. The molecule has 1 N–H and O–H groups in total. The summed E-state index contributed by atoms with van der Waals surface area (Å²) in [6.07, 6.45) is 3.07. The van der Waals surface area contributed by atoms with E-state index in [0.717, 1.165) is 0 Å². The third kappa shape index (κ3) is 2.97. The topological polar surface area (TPSA) is 67.0 Å². The van der Waals surface area contributed by atoms with E-state index in [1.54, 1.807) is 18.4 Å². The SMILES string of the molecule is CC(C)[C@@H]1SC(=N/N=C\c2ccco2)NC1=O. The van der Waals surface area contributed by atoms with Crippen molar-refractivity contribution in [1.82, 2.24) is 5.32 Å². The van der Waals surface area contributed by atoms with E-state index in [0.29, 0.717) is 10.9 Å². The summed E-state index contributed by atoms with van der Waals surface area (Å²) in [7, 11) is 0. The minimum Gasteiger partial charge on any atom is -0.463 e. The fourth-order valence-electron chi connectivity index (χ4n) is 1.37. The lowest BCUT2D eigenvalue weighted by Crippen LogP contribution is -2.27. The number of amides is 1. The Morgan fingerprint density at radius 2 is 2.41 bits per heavy atom. The standard InChI is InChI=1S/C11H13N3O2S/c1-7(2)9-10(15)13-11(17-9)14-12-6-8-4-3-5-16-8/h3-7,9H,1-2H3,(H,13,14,15)/b12-6-/t9-/m0/s1. The van der Waals surface area contributed by atoms with Crippen LogP contribution >= 0.6 is 11.8 Å². The number of furan rings is 1. The Kier molecular flexibility index (Phi) is 3.63. The summed E-state index contributed by atoms with van der Waals surface area (Å²) in [5, 5.41) is 11.0. The molecule has 17 heavy (non-hydrogen) atoms. The molecule has 5 nitrogen and oxygen atoms in total. The normalized spacial score (nSPS) is 22.9. The van der Waals surface area contributed by atoms with Crippen molar-refractivity contribution < 1.29 is 9.21 Å². The van der Waals surface area contributed by atoms with Crippen molar-refractivity contribution in [3.05, 3.63) is 24.2 Å². The van der Waals surface area contributed by atoms with Crippen molar-refractivity contribution in [1.29, 1.82) is 0 Å². The predicted molar refractivity (Wildman–Crippen MR) is 68.1 cm³/mol. The predicted octanol–water partition coefficient (Wildman–Crippen LogP) is 1.86. The zero-order chi connectivity index (χ0) is 12.3. The average molecular weight is 251 g/mol. The van der Waals surface area contributed by atoms with Gasteiger partial charge in [-0.05, 0) is 18.1 Å². The van der Waals surface area contributed by atoms with E-state index in [1.165, 1.54) is 18.0 Å². The molecule has 2 rings (SSSR count). The second-order valence-corrected chi connectivity index (χ2v) is 5.07. The summed E-state index contributed by atoms with van der Waals surface area (Å²) in [5.74, 6) is 0.905. The Hall–Kier alpha value is -1.56. The van der Waals surface area contributed by atoms with E-state index in [2.05, 4.69) is 15.5 Å². The van der Waals surface area contributed by atoms with Gasteiger partial charge < -0.3 is 9.73 Å². The fraction of sp³-hybridized carbons (Fsp3) is 0.364. The number of rotatable bonds is 3. The first-order chi connectivity index (χ1) is 8.16. The van der Waals surface area contributed by atoms with Gasteiger partial charge in [0.25, 0.3) is 0 Å². The van der Waals surface area contributed by atoms with E-state index in [-0.39, 0.29) is 17.1 Å². The first-order valence-electron chi connectivity index (χ1n) is 5.29. The summed E-state index contributed by atoms with van der Waals surface area (Å²) < 4.78 is 5.07. The lowest BCUT2D eigenvalue weighted by Gasteiger charge is -2.07. The number of hydrogen-bond donors (Lipinski definition) is 1. The highest BCUT2D eigenvalue weighted by Crippen LogP contribution is 2.25. The highest BCUT2D eigenvalue weighted by Gasteiger charge is 2.32. The fourth-order valence-corrected chi connectivity index (χ4v) is 2.30. The van der Waals surface area contributed by atoms with Crippen LogP contribution < -0.4 is 5.32 Å². The van der Waals surface area contributed by atoms with Crippen LogP contribution in [0.5, 0.6) is 0 Å². The van der Waals surface area contributed by atoms with Gasteiger partial charge in [-0.2, -0.15) is 5.10 Å². The molecule has 90 valence electrons. The molecule has 0 aromatic carbocycles. The second kappa shape index (κ2) is 5.18. The largest absolute Gasteiger partial charge is 0.463 e. The molecule has 1 aromatic rings. The number of thioether (sulfide) groups is 1. The van der Waals surface area contributed by atoms with Crippen molar-refractivity contribution in [2.24, 2.45) is 16.1 Å². The zero-order valence-corrected chi connectivity index (χ0v) is 10.4. The van der Waals surface area contributed by atoms with Crippen LogP contribution in [0, 0.1) is 5.92 Å². The van der Waals surface area contributed by atoms with E-state index >= 15 is 0 Å². The van der Waals surface area contributed by atoms with Crippen molar-refractivity contribution in [3.8, 4) is 0 Å². The van der Waals surface area contributed by atoms with Crippen molar-refractivity contribution in [3.63, 3.8) is 0 Å². The molecule has 1 aliphatic rings. The molecule has 0 radical (unpaired) electrons. The first-order valence-corrected chi connectivity index (χ1v) is 6.17. The van der Waals surface area contributed by atoms with Crippen LogP contribution in [0.2, 0.25) is 0 Å². The van der Waals surface area contributed by atoms with Gasteiger partial charge in [-0.15, -0.1) is 5.10 Å². The van der Waals surface area contributed by atoms with Crippen molar-refractivity contribution >= 4 is 29.1 Å². The molecule has 1 aliphatic heterocycles. The monoisotopic (exact) mass is 251 g/mol. The van der Waals surface area contributed by atoms with Crippen LogP contribution in [0.15, 0.2) is 33.0 Å². The second-order valence-electron chi connectivity index (χ2n) is 3.94. The van der Waals surface area contributed by atoms with Gasteiger partial charge in [0.1, 0.15) is 5.76 Å².